The number of ether oxygens (including phenoxy) is 2. The molecule has 0 aromatic heterocycles. The van der Waals surface area contributed by atoms with Crippen LogP contribution in [0.2, 0.25) is 0 Å². The average Bonchev–Trinajstić information content (AvgIpc) is 2.80. The van der Waals surface area contributed by atoms with E-state index in [9.17, 15) is 0 Å². The quantitative estimate of drug-likeness (QED) is 0.208. The summed E-state index contributed by atoms with van der Waals surface area (Å²) in [6.07, 6.45) is 12.9. The summed E-state index contributed by atoms with van der Waals surface area (Å²) in [5.74, 6) is 1.73. The monoisotopic (exact) mass is 425 g/mol. The second-order valence-electron chi connectivity index (χ2n) is 7.79. The lowest BCUT2D eigenvalue weighted by molar-refractivity contribution is 0.304. The number of hydrogen-bond donors (Lipinski definition) is 1. The van der Waals surface area contributed by atoms with Crippen molar-refractivity contribution in [2.45, 2.75) is 71.1 Å². The Kier molecular flexibility index (Phi) is 13.1. The Balaban J connectivity index is 1.54. The van der Waals surface area contributed by atoms with Gasteiger partial charge in [-0.15, -0.1) is 0 Å². The molecule has 0 spiro atoms. The van der Waals surface area contributed by atoms with Gasteiger partial charge in [0.05, 0.1) is 24.6 Å². The second-order valence-corrected chi connectivity index (χ2v) is 7.79. The largest absolute Gasteiger partial charge is 0.494 e. The highest BCUT2D eigenvalue weighted by Crippen LogP contribution is 2.23. The Morgan fingerprint density at radius 2 is 1.00 bits per heavy atom. The number of benzene rings is 2. The minimum atomic E-state index is 0.658. The summed E-state index contributed by atoms with van der Waals surface area (Å²) in [7, 11) is 0. The molecule has 2 aromatic rings. The van der Waals surface area contributed by atoms with Crippen molar-refractivity contribution in [3.05, 3.63) is 48.5 Å². The van der Waals surface area contributed by atoms with E-state index in [1.54, 1.807) is 0 Å². The molecule has 0 radical (unpaired) electrons. The van der Waals surface area contributed by atoms with Crippen LogP contribution in [0.1, 0.15) is 71.1 Å². The Hall–Kier alpha value is -2.40. The van der Waals surface area contributed by atoms with E-state index in [2.05, 4.69) is 10.2 Å². The number of nitrogens with zero attached hydrogens (tertiary/aromatic N) is 2. The Morgan fingerprint density at radius 3 is 1.45 bits per heavy atom. The van der Waals surface area contributed by atoms with Gasteiger partial charge in [-0.2, -0.15) is 10.2 Å². The van der Waals surface area contributed by atoms with Crippen molar-refractivity contribution in [1.29, 1.82) is 0 Å². The molecule has 5 nitrogen and oxygen atoms in total. The maximum absolute atomic E-state index is 5.85. The predicted octanol–water partition coefficient (Wildman–Crippen LogP) is 7.74. The zero-order valence-electron chi connectivity index (χ0n) is 19.1. The topological polar surface area (TPSA) is 69.2 Å². The molecule has 0 saturated carbocycles. The first-order chi connectivity index (χ1) is 15.3. The van der Waals surface area contributed by atoms with E-state index in [0.29, 0.717) is 6.61 Å². The summed E-state index contributed by atoms with van der Waals surface area (Å²) in [4.78, 5) is 0. The van der Waals surface area contributed by atoms with Crippen LogP contribution in [0.4, 0.5) is 11.4 Å². The molecule has 0 unspecified atom stereocenters. The van der Waals surface area contributed by atoms with E-state index >= 15 is 0 Å². The van der Waals surface area contributed by atoms with Crippen LogP contribution in [-0.2, 0) is 0 Å². The summed E-state index contributed by atoms with van der Waals surface area (Å²) < 4.78 is 11.3. The molecule has 0 aliphatic carbocycles. The van der Waals surface area contributed by atoms with Gasteiger partial charge >= 0.3 is 0 Å². The molecule has 170 valence electrons. The molecule has 0 atom stereocenters. The van der Waals surface area contributed by atoms with Gasteiger partial charge in [0.2, 0.25) is 0 Å². The first-order valence-electron chi connectivity index (χ1n) is 11.9. The molecule has 2 aromatic carbocycles. The number of hydrogen-bond acceptors (Lipinski definition) is 5. The van der Waals surface area contributed by atoms with Crippen LogP contribution in [0, 0.1) is 0 Å². The van der Waals surface area contributed by atoms with Gasteiger partial charge < -0.3 is 15.2 Å². The fourth-order valence-electron chi connectivity index (χ4n) is 3.35. The molecule has 0 saturated heterocycles. The van der Waals surface area contributed by atoms with Crippen molar-refractivity contribution >= 4 is 11.4 Å². The lowest BCUT2D eigenvalue weighted by Gasteiger charge is -2.06. The Bertz CT molecular complexity index is 714. The lowest BCUT2D eigenvalue weighted by Crippen LogP contribution is -1.97. The SMILES string of the molecule is CCOc1ccc(N=Nc2ccc(OCCCCCCCCCCCCN)cc2)cc1. The van der Waals surface area contributed by atoms with E-state index in [1.165, 1.54) is 57.8 Å². The van der Waals surface area contributed by atoms with Crippen molar-refractivity contribution in [2.24, 2.45) is 16.0 Å². The highest BCUT2D eigenvalue weighted by molar-refractivity contribution is 5.44. The third-order valence-corrected chi connectivity index (χ3v) is 5.13. The lowest BCUT2D eigenvalue weighted by atomic mass is 10.1. The smallest absolute Gasteiger partial charge is 0.119 e. The Labute approximate surface area is 188 Å². The van der Waals surface area contributed by atoms with Crippen LogP contribution < -0.4 is 15.2 Å². The second kappa shape index (κ2) is 16.3. The van der Waals surface area contributed by atoms with Crippen molar-refractivity contribution in [2.75, 3.05) is 19.8 Å². The molecule has 2 N–H and O–H groups in total. The minimum absolute atomic E-state index is 0.658. The molecule has 2 rings (SSSR count). The summed E-state index contributed by atoms with van der Waals surface area (Å²) in [5.41, 5.74) is 7.13. The molecular weight excluding hydrogens is 386 g/mol. The summed E-state index contributed by atoms with van der Waals surface area (Å²) in [5, 5.41) is 8.55. The molecule has 0 amide bonds. The first-order valence-corrected chi connectivity index (χ1v) is 11.9. The zero-order valence-corrected chi connectivity index (χ0v) is 19.1. The average molecular weight is 426 g/mol. The number of azo groups is 1. The van der Waals surface area contributed by atoms with Crippen molar-refractivity contribution in [3.63, 3.8) is 0 Å². The van der Waals surface area contributed by atoms with E-state index in [0.717, 1.165) is 42.4 Å². The number of nitrogens with two attached hydrogens (primary N) is 1. The van der Waals surface area contributed by atoms with E-state index in [4.69, 9.17) is 15.2 Å². The highest BCUT2D eigenvalue weighted by Gasteiger charge is 1.97. The highest BCUT2D eigenvalue weighted by atomic mass is 16.5. The van der Waals surface area contributed by atoms with Gasteiger partial charge in [-0.1, -0.05) is 51.4 Å². The van der Waals surface area contributed by atoms with Gasteiger partial charge in [0.25, 0.3) is 0 Å². The van der Waals surface area contributed by atoms with Crippen molar-refractivity contribution < 1.29 is 9.47 Å². The van der Waals surface area contributed by atoms with Gasteiger partial charge in [-0.25, -0.2) is 0 Å². The fraction of sp³-hybridized carbons (Fsp3) is 0.538. The summed E-state index contributed by atoms with van der Waals surface area (Å²) >= 11 is 0. The minimum Gasteiger partial charge on any atom is -0.494 e. The maximum Gasteiger partial charge on any atom is 0.119 e. The van der Waals surface area contributed by atoms with Crippen molar-refractivity contribution in [1.82, 2.24) is 0 Å². The predicted molar refractivity (Wildman–Crippen MR) is 129 cm³/mol. The van der Waals surface area contributed by atoms with Gasteiger partial charge in [0, 0.05) is 0 Å². The van der Waals surface area contributed by atoms with Gasteiger partial charge in [-0.05, 0) is 74.8 Å². The summed E-state index contributed by atoms with van der Waals surface area (Å²) in [6.45, 7) is 4.23. The van der Waals surface area contributed by atoms with Crippen LogP contribution in [0.5, 0.6) is 11.5 Å². The van der Waals surface area contributed by atoms with Gasteiger partial charge in [-0.3, -0.25) is 0 Å². The molecule has 5 heteroatoms. The number of unbranched alkanes of at least 4 members (excludes halogenated alkanes) is 9. The molecular formula is C26H39N3O2. The van der Waals surface area contributed by atoms with Crippen LogP contribution in [-0.4, -0.2) is 19.8 Å². The normalized spacial score (nSPS) is 11.2. The van der Waals surface area contributed by atoms with Crippen LogP contribution in [0.15, 0.2) is 58.8 Å². The Morgan fingerprint density at radius 1 is 0.581 bits per heavy atom. The molecule has 0 bridgehead atoms. The van der Waals surface area contributed by atoms with Crippen LogP contribution >= 0.6 is 0 Å². The number of rotatable bonds is 17. The van der Waals surface area contributed by atoms with Crippen LogP contribution in [0.3, 0.4) is 0 Å². The molecule has 31 heavy (non-hydrogen) atoms. The van der Waals surface area contributed by atoms with Crippen LogP contribution in [0.25, 0.3) is 0 Å². The van der Waals surface area contributed by atoms with Crippen molar-refractivity contribution in [3.8, 4) is 11.5 Å². The standard InChI is InChI=1S/C26H39N3O2/c1-2-30-25-17-13-23(14-18-25)28-29-24-15-19-26(20-16-24)31-22-12-10-8-6-4-3-5-7-9-11-21-27/h13-20H,2-12,21-22,27H2,1H3. The van der Waals surface area contributed by atoms with Gasteiger partial charge in [0.15, 0.2) is 0 Å². The van der Waals surface area contributed by atoms with E-state index < -0.39 is 0 Å². The maximum atomic E-state index is 5.85. The zero-order chi connectivity index (χ0) is 22.0. The molecule has 0 aliphatic heterocycles. The molecule has 0 aliphatic rings. The molecule has 0 fully saturated rings. The first kappa shape index (κ1) is 24.9. The third kappa shape index (κ3) is 11.5. The summed E-state index contributed by atoms with van der Waals surface area (Å²) in [6, 6.07) is 15.4. The van der Waals surface area contributed by atoms with E-state index in [-0.39, 0.29) is 0 Å². The van der Waals surface area contributed by atoms with E-state index in [1.807, 2.05) is 55.5 Å². The van der Waals surface area contributed by atoms with Gasteiger partial charge in [0.1, 0.15) is 11.5 Å². The fourth-order valence-corrected chi connectivity index (χ4v) is 3.35. The third-order valence-electron chi connectivity index (χ3n) is 5.13. The molecule has 0 heterocycles.